The average Bonchev–Trinajstić information content (AvgIpc) is 3.64. The summed E-state index contributed by atoms with van der Waals surface area (Å²) in [6.45, 7) is 0.595. The van der Waals surface area contributed by atoms with E-state index in [0.717, 1.165) is 27.2 Å². The second-order valence-corrected chi connectivity index (χ2v) is 10.8. The molecule has 0 atom stereocenters. The molecule has 0 spiro atoms. The number of anilines is 2. The molecule has 0 unspecified atom stereocenters. The minimum absolute atomic E-state index is 0.215. The highest BCUT2D eigenvalue weighted by Gasteiger charge is 2.27. The molecule has 176 valence electrons. The van der Waals surface area contributed by atoms with Crippen LogP contribution in [-0.4, -0.2) is 43.2 Å². The van der Waals surface area contributed by atoms with Crippen molar-refractivity contribution < 1.29 is 8.42 Å². The normalized spacial score (nSPS) is 13.8. The van der Waals surface area contributed by atoms with Crippen molar-refractivity contribution in [3.8, 4) is 11.3 Å². The van der Waals surface area contributed by atoms with Crippen LogP contribution in [-0.2, 0) is 10.0 Å². The zero-order chi connectivity index (χ0) is 23.7. The minimum Gasteiger partial charge on any atom is -0.388 e. The largest absolute Gasteiger partial charge is 0.388 e. The van der Waals surface area contributed by atoms with Gasteiger partial charge in [0.2, 0.25) is 10.0 Å². The van der Waals surface area contributed by atoms with Crippen LogP contribution in [0.1, 0.15) is 24.3 Å². The molecule has 10 heteroatoms. The highest BCUT2D eigenvalue weighted by molar-refractivity contribution is 9.10. The Balaban J connectivity index is 1.36. The molecule has 2 aromatic carbocycles. The number of halogens is 1. The van der Waals surface area contributed by atoms with E-state index in [2.05, 4.69) is 54.6 Å². The van der Waals surface area contributed by atoms with Gasteiger partial charge in [-0.15, -0.1) is 0 Å². The number of fused-ring (bicyclic) bond motifs is 1. The molecule has 3 N–H and O–H groups in total. The van der Waals surface area contributed by atoms with Gasteiger partial charge in [-0.3, -0.25) is 0 Å². The summed E-state index contributed by atoms with van der Waals surface area (Å²) in [6.07, 6.45) is 4.12. The van der Waals surface area contributed by atoms with Crippen LogP contribution in [0.3, 0.4) is 0 Å². The fraction of sp³-hybridized carbons (Fsp3) is 0.250. The van der Waals surface area contributed by atoms with Crippen LogP contribution < -0.4 is 15.4 Å². The Morgan fingerprint density at radius 2 is 1.91 bits per heavy atom. The maximum atomic E-state index is 12.7. The molecule has 2 heterocycles. The molecule has 0 bridgehead atoms. The third-order valence-corrected chi connectivity index (χ3v) is 7.86. The molecule has 0 saturated heterocycles. The van der Waals surface area contributed by atoms with Gasteiger partial charge in [0.15, 0.2) is 5.65 Å². The average molecular weight is 541 g/mol. The quantitative estimate of drug-likeness (QED) is 0.271. The summed E-state index contributed by atoms with van der Waals surface area (Å²) < 4.78 is 30.5. The summed E-state index contributed by atoms with van der Waals surface area (Å²) in [5, 5.41) is 10.7. The Hall–Kier alpha value is -2.95. The third-order valence-electron chi connectivity index (χ3n) is 5.84. The van der Waals surface area contributed by atoms with E-state index in [1.165, 1.54) is 18.4 Å². The van der Waals surface area contributed by atoms with Crippen molar-refractivity contribution in [1.82, 2.24) is 19.3 Å². The lowest BCUT2D eigenvalue weighted by Crippen LogP contribution is -2.29. The van der Waals surface area contributed by atoms with Gasteiger partial charge in [0, 0.05) is 37.5 Å². The molecule has 5 rings (SSSR count). The molecule has 2 aromatic heterocycles. The van der Waals surface area contributed by atoms with Crippen molar-refractivity contribution in [2.45, 2.75) is 23.7 Å². The molecule has 0 radical (unpaired) electrons. The molecule has 1 saturated carbocycles. The number of rotatable bonds is 9. The van der Waals surface area contributed by atoms with Crippen LogP contribution in [0.2, 0.25) is 0 Å². The Bertz CT molecular complexity index is 1450. The van der Waals surface area contributed by atoms with Gasteiger partial charge in [0.05, 0.1) is 21.3 Å². The van der Waals surface area contributed by atoms with Crippen LogP contribution in [0.5, 0.6) is 0 Å². The van der Waals surface area contributed by atoms with Crippen molar-refractivity contribution in [3.63, 3.8) is 0 Å². The van der Waals surface area contributed by atoms with Crippen molar-refractivity contribution >= 4 is 43.1 Å². The van der Waals surface area contributed by atoms with Crippen molar-refractivity contribution in [1.29, 1.82) is 0 Å². The zero-order valence-corrected chi connectivity index (χ0v) is 21.0. The fourth-order valence-corrected chi connectivity index (χ4v) is 5.38. The minimum atomic E-state index is -3.62. The SMILES string of the molecule is CNc1cccc(S(=O)(=O)NCCNc2cc(-c3ccccc3C3CC3)nc3c(Br)cnn23)c1. The molecule has 1 aliphatic carbocycles. The van der Waals surface area contributed by atoms with Crippen LogP contribution in [0.15, 0.2) is 70.2 Å². The molecule has 0 amide bonds. The molecule has 1 aliphatic rings. The third kappa shape index (κ3) is 4.66. The van der Waals surface area contributed by atoms with Crippen molar-refractivity contribution in [2.24, 2.45) is 0 Å². The van der Waals surface area contributed by atoms with E-state index in [1.807, 2.05) is 18.2 Å². The van der Waals surface area contributed by atoms with Crippen LogP contribution >= 0.6 is 15.9 Å². The lowest BCUT2D eigenvalue weighted by molar-refractivity contribution is 0.583. The first-order valence-corrected chi connectivity index (χ1v) is 13.4. The lowest BCUT2D eigenvalue weighted by Gasteiger charge is -2.13. The van der Waals surface area contributed by atoms with Gasteiger partial charge in [-0.2, -0.15) is 9.61 Å². The molecule has 0 aliphatic heterocycles. The Kier molecular flexibility index (Phi) is 6.28. The molecule has 1 fully saturated rings. The number of benzene rings is 2. The summed E-state index contributed by atoms with van der Waals surface area (Å²) in [6, 6.07) is 17.1. The number of nitrogens with zero attached hydrogens (tertiary/aromatic N) is 3. The summed E-state index contributed by atoms with van der Waals surface area (Å²) in [4.78, 5) is 5.08. The highest BCUT2D eigenvalue weighted by Crippen LogP contribution is 2.44. The predicted octanol–water partition coefficient (Wildman–Crippen LogP) is 4.47. The van der Waals surface area contributed by atoms with Gasteiger partial charge in [-0.1, -0.05) is 30.3 Å². The van der Waals surface area contributed by atoms with E-state index < -0.39 is 10.0 Å². The first kappa shape index (κ1) is 22.8. The first-order valence-electron chi connectivity index (χ1n) is 11.1. The van der Waals surface area contributed by atoms with E-state index in [-0.39, 0.29) is 11.4 Å². The summed E-state index contributed by atoms with van der Waals surface area (Å²) >= 11 is 3.54. The van der Waals surface area contributed by atoms with Gasteiger partial charge in [-0.05, 0) is 58.5 Å². The van der Waals surface area contributed by atoms with E-state index in [0.29, 0.717) is 18.1 Å². The van der Waals surface area contributed by atoms with Crippen LogP contribution in [0, 0.1) is 0 Å². The van der Waals surface area contributed by atoms with Crippen molar-refractivity contribution in [3.05, 3.63) is 70.8 Å². The second-order valence-electron chi connectivity index (χ2n) is 8.22. The van der Waals surface area contributed by atoms with Gasteiger partial charge < -0.3 is 10.6 Å². The number of sulfonamides is 1. The maximum absolute atomic E-state index is 12.7. The van der Waals surface area contributed by atoms with Gasteiger partial charge >= 0.3 is 0 Å². The monoisotopic (exact) mass is 540 g/mol. The number of nitrogens with one attached hydrogen (secondary N) is 3. The molecular weight excluding hydrogens is 516 g/mol. The lowest BCUT2D eigenvalue weighted by atomic mass is 10.0. The summed E-state index contributed by atoms with van der Waals surface area (Å²) in [7, 11) is -1.86. The van der Waals surface area contributed by atoms with Gasteiger partial charge in [0.25, 0.3) is 0 Å². The first-order chi connectivity index (χ1) is 16.5. The molecular formula is C24H25BrN6O2S. The number of hydrogen-bond donors (Lipinski definition) is 3. The Morgan fingerprint density at radius 1 is 1.09 bits per heavy atom. The molecule has 34 heavy (non-hydrogen) atoms. The second kappa shape index (κ2) is 9.36. The van der Waals surface area contributed by atoms with Crippen LogP contribution in [0.4, 0.5) is 11.5 Å². The van der Waals surface area contributed by atoms with Crippen molar-refractivity contribution in [2.75, 3.05) is 30.8 Å². The van der Waals surface area contributed by atoms with E-state index in [9.17, 15) is 8.42 Å². The van der Waals surface area contributed by atoms with Gasteiger partial charge in [0.1, 0.15) is 5.82 Å². The number of hydrogen-bond acceptors (Lipinski definition) is 6. The van der Waals surface area contributed by atoms with Crippen LogP contribution in [0.25, 0.3) is 16.9 Å². The van der Waals surface area contributed by atoms with E-state index in [4.69, 9.17) is 4.98 Å². The smallest absolute Gasteiger partial charge is 0.240 e. The van der Waals surface area contributed by atoms with E-state index in [1.54, 1.807) is 36.0 Å². The summed E-state index contributed by atoms with van der Waals surface area (Å²) in [5.41, 5.74) is 4.74. The Morgan fingerprint density at radius 3 is 2.71 bits per heavy atom. The maximum Gasteiger partial charge on any atom is 0.240 e. The zero-order valence-electron chi connectivity index (χ0n) is 18.6. The van der Waals surface area contributed by atoms with Gasteiger partial charge in [-0.25, -0.2) is 18.1 Å². The standard InChI is InChI=1S/C24H25BrN6O2S/c1-26-17-5-4-6-18(13-17)34(32,33)29-12-11-27-23-14-22(30-24-21(25)15-28-31(23)24)20-8-3-2-7-19(20)16-9-10-16/h2-8,13-16,26-27,29H,9-12H2,1H3. The molecule has 4 aromatic rings. The summed E-state index contributed by atoms with van der Waals surface area (Å²) in [5.74, 6) is 1.34. The topological polar surface area (TPSA) is 100 Å². The fourth-order valence-electron chi connectivity index (χ4n) is 3.96. The molecule has 8 nitrogen and oxygen atoms in total. The number of aromatic nitrogens is 3. The van der Waals surface area contributed by atoms with E-state index >= 15 is 0 Å². The Labute approximate surface area is 207 Å². The highest BCUT2D eigenvalue weighted by atomic mass is 79.9. The predicted molar refractivity (Wildman–Crippen MR) is 138 cm³/mol.